The summed E-state index contributed by atoms with van der Waals surface area (Å²) in [5.41, 5.74) is 1.71. The molecule has 7 aromatic heterocycles. The summed E-state index contributed by atoms with van der Waals surface area (Å²) in [6, 6.07) is 17.2. The SMILES string of the molecule is C.C.C.CCC[CH2][Sn]([CH2]CCC)([CH2]CCC)[c]1ccccn1.COC(=O)c1nccnc1-c1ccccn1.COC(=O)c1nccnc1Cl.O=C(O)c1nccnc1-c1ccccn1.O=C(O)c1nccnc1Cl.[Na+].[OH-]. The van der Waals surface area contributed by atoms with E-state index in [1.54, 1.807) is 46.4 Å². The zero-order chi connectivity index (χ0) is 51.9. The van der Waals surface area contributed by atoms with Gasteiger partial charge in [0.2, 0.25) is 0 Å². The van der Waals surface area contributed by atoms with Crippen LogP contribution in [0.2, 0.25) is 23.6 Å². The number of carboxylic acids is 2. The molecule has 0 aliphatic rings. The average molecular weight is 1200 g/mol. The van der Waals surface area contributed by atoms with Gasteiger partial charge in [0.25, 0.3) is 0 Å². The molecular weight excluding hydrogens is 1140 g/mol. The van der Waals surface area contributed by atoms with Crippen molar-refractivity contribution in [2.45, 2.75) is 94.9 Å². The summed E-state index contributed by atoms with van der Waals surface area (Å²) < 4.78 is 15.1. The molecule has 0 radical (unpaired) electrons. The number of methoxy groups -OCH3 is 2. The number of aromatic carboxylic acids is 2. The zero-order valence-corrected chi connectivity index (χ0v) is 47.7. The van der Waals surface area contributed by atoms with Crippen LogP contribution in [0.15, 0.2) is 123 Å². The Bertz CT molecular complexity index is 2690. The Kier molecular flexibility index (Phi) is 41.2. The fourth-order valence-corrected chi connectivity index (χ4v) is 22.3. The van der Waals surface area contributed by atoms with E-state index in [-0.39, 0.29) is 96.1 Å². The quantitative estimate of drug-likeness (QED) is 0.0680. The summed E-state index contributed by atoms with van der Waals surface area (Å²) in [5.74, 6) is -3.38. The Morgan fingerprint density at radius 3 is 1.14 bits per heavy atom. The first-order chi connectivity index (χ1) is 34.4. The number of aromatic nitrogens is 11. The number of ether oxygens (including phenoxy) is 2. The van der Waals surface area contributed by atoms with Crippen LogP contribution in [-0.4, -0.2) is 127 Å². The fraction of sp³-hybridized carbons (Fsp3) is 0.327. The first kappa shape index (κ1) is 74.2. The second-order valence-corrected chi connectivity index (χ2v) is 28.5. The molecule has 0 aromatic carbocycles. The minimum absolute atomic E-state index is 0. The maximum Gasteiger partial charge on any atom is 1.00 e. The van der Waals surface area contributed by atoms with Crippen molar-refractivity contribution in [3.63, 3.8) is 0 Å². The summed E-state index contributed by atoms with van der Waals surface area (Å²) in [4.78, 5) is 86.4. The van der Waals surface area contributed by atoms with Gasteiger partial charge in [0, 0.05) is 62.0 Å². The van der Waals surface area contributed by atoms with Gasteiger partial charge in [0.1, 0.15) is 11.4 Å². The second-order valence-electron chi connectivity index (χ2n) is 14.7. The van der Waals surface area contributed by atoms with Gasteiger partial charge in [-0.25, -0.2) is 49.1 Å². The van der Waals surface area contributed by atoms with Gasteiger partial charge in [-0.1, -0.05) is 57.6 Å². The predicted molar refractivity (Wildman–Crippen MR) is 292 cm³/mol. The van der Waals surface area contributed by atoms with Crippen molar-refractivity contribution in [2.75, 3.05) is 14.2 Å². The fourth-order valence-electron chi connectivity index (χ4n) is 6.46. The van der Waals surface area contributed by atoms with E-state index in [0.29, 0.717) is 17.1 Å². The van der Waals surface area contributed by atoms with Crippen LogP contribution < -0.4 is 33.3 Å². The molecule has 7 rings (SSSR count). The van der Waals surface area contributed by atoms with Gasteiger partial charge in [-0.05, 0) is 24.3 Å². The van der Waals surface area contributed by atoms with E-state index < -0.39 is 42.3 Å². The number of esters is 2. The zero-order valence-electron chi connectivity index (χ0n) is 41.4. The molecule has 7 heterocycles. The third kappa shape index (κ3) is 24.8. The van der Waals surface area contributed by atoms with Crippen LogP contribution in [0.5, 0.6) is 0 Å². The molecule has 24 heteroatoms. The van der Waals surface area contributed by atoms with Crippen molar-refractivity contribution in [3.05, 3.63) is 156 Å². The third-order valence-corrected chi connectivity index (χ3v) is 25.6. The number of hydrogen-bond donors (Lipinski definition) is 2. The number of hydrogen-bond acceptors (Lipinski definition) is 18. The van der Waals surface area contributed by atoms with E-state index in [1.807, 2.05) is 12.3 Å². The molecule has 0 amide bonds. The van der Waals surface area contributed by atoms with Gasteiger partial charge in [0.05, 0.1) is 25.6 Å². The Morgan fingerprint density at radius 1 is 0.461 bits per heavy atom. The Balaban J connectivity index is -0.000000876. The normalized spacial score (nSPS) is 9.51. The molecule has 76 heavy (non-hydrogen) atoms. The van der Waals surface area contributed by atoms with Crippen LogP contribution in [0, 0.1) is 0 Å². The van der Waals surface area contributed by atoms with E-state index in [9.17, 15) is 19.2 Å². The van der Waals surface area contributed by atoms with E-state index >= 15 is 0 Å². The summed E-state index contributed by atoms with van der Waals surface area (Å²) in [6.45, 7) is 6.98. The van der Waals surface area contributed by atoms with E-state index in [0.717, 1.165) is 0 Å². The number of pyridine rings is 3. The van der Waals surface area contributed by atoms with Crippen LogP contribution in [-0.2, 0) is 9.47 Å². The Hall–Kier alpha value is -6.01. The number of halogens is 2. The predicted octanol–water partition coefficient (Wildman–Crippen LogP) is 8.18. The molecule has 0 unspecified atom stereocenters. The first-order valence-electron chi connectivity index (χ1n) is 22.3. The first-order valence-corrected chi connectivity index (χ1v) is 30.5. The van der Waals surface area contributed by atoms with Crippen molar-refractivity contribution in [1.82, 2.24) is 54.8 Å². The third-order valence-electron chi connectivity index (χ3n) is 9.92. The van der Waals surface area contributed by atoms with Gasteiger partial charge in [-0.15, -0.1) is 0 Å². The molecule has 7 aromatic rings. The maximum absolute atomic E-state index is 11.5. The average Bonchev–Trinajstić information content (AvgIpc) is 3.42. The molecule has 0 fully saturated rings. The van der Waals surface area contributed by atoms with Crippen LogP contribution in [0.3, 0.4) is 0 Å². The molecule has 404 valence electrons. The van der Waals surface area contributed by atoms with Crippen molar-refractivity contribution in [1.29, 1.82) is 0 Å². The van der Waals surface area contributed by atoms with Crippen molar-refractivity contribution >= 4 is 69.2 Å². The summed E-state index contributed by atoms with van der Waals surface area (Å²) >= 11 is 8.68. The molecule has 0 saturated heterocycles. The molecule has 3 N–H and O–H groups in total. The van der Waals surface area contributed by atoms with Gasteiger partial charge < -0.3 is 25.2 Å². The van der Waals surface area contributed by atoms with E-state index in [1.165, 1.54) is 116 Å². The minimum atomic E-state index is -2.21. The number of nitrogens with zero attached hydrogens (tertiary/aromatic N) is 11. The van der Waals surface area contributed by atoms with Crippen LogP contribution >= 0.6 is 23.2 Å². The van der Waals surface area contributed by atoms with Crippen LogP contribution in [0.25, 0.3) is 22.8 Å². The number of carbonyl (C=O) groups is 4. The molecule has 0 spiro atoms. The molecular formula is C52H68Cl2N11NaO9Sn. The van der Waals surface area contributed by atoms with Crippen molar-refractivity contribution in [3.8, 4) is 22.8 Å². The van der Waals surface area contributed by atoms with E-state index in [2.05, 4.69) is 98.3 Å². The largest absolute Gasteiger partial charge is 1.00 e. The molecule has 0 bridgehead atoms. The van der Waals surface area contributed by atoms with Gasteiger partial charge in [0.15, 0.2) is 33.1 Å². The standard InChI is InChI=1S/C11H9N3O2.C10H7N3O2.C6H5ClN2O2.C5H3ClN2O2.C5H4N.3C4H9.3CH4.Na.H2O.Sn/c1-16-11(15)10-9(13-6-7-14-10)8-4-2-3-5-12-8;14-10(15)9-8(12-5-6-13-9)7-3-1-2-4-11-7;1-11-6(10)4-5(7)9-3-2-8-4;6-4-3(5(9)10)7-1-2-8-4;1-2-4-6-5-3-1;3*1-3-4-2;;;;;;/h2-7H,1H3;1-6H,(H,14,15);2-3H,1H3;1-2H,(H,9,10);1-4H;3*1,3-4H2,2H3;3*1H4;;1H2;/q;;;;;;;;;;;+1;;/p-1. The van der Waals surface area contributed by atoms with Gasteiger partial charge in [-0.3, -0.25) is 19.9 Å². The Labute approximate surface area is 481 Å². The molecule has 0 aliphatic carbocycles. The van der Waals surface area contributed by atoms with Crippen LogP contribution in [0.4, 0.5) is 0 Å². The van der Waals surface area contributed by atoms with E-state index in [4.69, 9.17) is 38.4 Å². The summed E-state index contributed by atoms with van der Waals surface area (Å²) in [6.07, 6.45) is 24.6. The second kappa shape index (κ2) is 42.1. The van der Waals surface area contributed by atoms with Crippen molar-refractivity contribution < 1.29 is 73.9 Å². The number of carboxylic acid groups (broad SMARTS) is 2. The molecule has 0 saturated carbocycles. The van der Waals surface area contributed by atoms with Gasteiger partial charge >= 0.3 is 178 Å². The summed E-state index contributed by atoms with van der Waals surface area (Å²) in [7, 11) is 2.56. The number of carbonyl (C=O) groups excluding carboxylic acids is 2. The monoisotopic (exact) mass is 1200 g/mol. The Morgan fingerprint density at radius 2 is 0.803 bits per heavy atom. The molecule has 0 aliphatic heterocycles. The maximum atomic E-state index is 11.5. The molecule has 0 atom stereocenters. The smallest absolute Gasteiger partial charge is 0.870 e. The number of unbranched alkanes of at least 4 members (excludes halogenated alkanes) is 3. The molecule has 20 nitrogen and oxygen atoms in total. The van der Waals surface area contributed by atoms with Crippen molar-refractivity contribution in [2.24, 2.45) is 0 Å². The van der Waals surface area contributed by atoms with Gasteiger partial charge in [-0.2, -0.15) is 0 Å². The minimum Gasteiger partial charge on any atom is -0.870 e. The van der Waals surface area contributed by atoms with Crippen LogP contribution in [0.1, 0.15) is 124 Å². The summed E-state index contributed by atoms with van der Waals surface area (Å²) in [5, 5.41) is 17.2. The topological polar surface area (TPSA) is 299 Å². The number of rotatable bonds is 16.